The van der Waals surface area contributed by atoms with Crippen molar-refractivity contribution >= 4 is 29.3 Å². The third kappa shape index (κ3) is 4.11. The molecule has 26 heavy (non-hydrogen) atoms. The molecular weight excluding hydrogens is 372 g/mol. The Morgan fingerprint density at radius 1 is 1.38 bits per heavy atom. The summed E-state index contributed by atoms with van der Waals surface area (Å²) in [5.41, 5.74) is 1.86. The van der Waals surface area contributed by atoms with Gasteiger partial charge in [0.15, 0.2) is 11.0 Å². The van der Waals surface area contributed by atoms with Gasteiger partial charge in [-0.2, -0.15) is 0 Å². The summed E-state index contributed by atoms with van der Waals surface area (Å²) in [5.74, 6) is 1.67. The molecule has 0 radical (unpaired) electrons. The van der Waals surface area contributed by atoms with Gasteiger partial charge in [0.1, 0.15) is 5.76 Å². The van der Waals surface area contributed by atoms with Crippen LogP contribution in [0.3, 0.4) is 0 Å². The lowest BCUT2D eigenvalue weighted by Gasteiger charge is -2.14. The molecule has 0 unspecified atom stereocenters. The van der Waals surface area contributed by atoms with Crippen molar-refractivity contribution in [2.24, 2.45) is 7.05 Å². The lowest BCUT2D eigenvalue weighted by molar-refractivity contribution is -0.119. The Bertz CT molecular complexity index is 922. The summed E-state index contributed by atoms with van der Waals surface area (Å²) in [6, 6.07) is 9.20. The Kier molecular flexibility index (Phi) is 5.68. The molecule has 0 spiro atoms. The fourth-order valence-electron chi connectivity index (χ4n) is 2.56. The second kappa shape index (κ2) is 7.97. The first-order valence-corrected chi connectivity index (χ1v) is 9.43. The van der Waals surface area contributed by atoms with E-state index in [1.54, 1.807) is 6.26 Å². The molecule has 0 fully saturated rings. The zero-order valence-electron chi connectivity index (χ0n) is 14.7. The van der Waals surface area contributed by atoms with Gasteiger partial charge in [-0.25, -0.2) is 0 Å². The molecule has 0 bridgehead atoms. The molecule has 8 heteroatoms. The van der Waals surface area contributed by atoms with Crippen LogP contribution in [0.4, 0.5) is 0 Å². The Morgan fingerprint density at radius 3 is 2.88 bits per heavy atom. The molecule has 2 heterocycles. The maximum absolute atomic E-state index is 12.2. The maximum Gasteiger partial charge on any atom is 0.230 e. The average molecular weight is 391 g/mol. The topological polar surface area (TPSA) is 72.9 Å². The number of carbonyl (C=O) groups is 1. The zero-order valence-corrected chi connectivity index (χ0v) is 16.3. The Morgan fingerprint density at radius 2 is 2.19 bits per heavy atom. The highest BCUT2D eigenvalue weighted by atomic mass is 35.5. The van der Waals surface area contributed by atoms with Crippen molar-refractivity contribution < 1.29 is 9.21 Å². The number of hydrogen-bond acceptors (Lipinski definition) is 5. The first-order valence-electron chi connectivity index (χ1n) is 8.07. The number of nitrogens with one attached hydrogen (secondary N) is 1. The number of amides is 1. The summed E-state index contributed by atoms with van der Waals surface area (Å²) in [6.45, 7) is 3.80. The molecule has 0 saturated carbocycles. The number of benzene rings is 1. The SMILES string of the molecule is Cc1occc1-c1nnc(SCC(=O)N[C@H](C)c2cccc(Cl)c2)n1C. The van der Waals surface area contributed by atoms with E-state index in [0.717, 1.165) is 16.9 Å². The molecule has 136 valence electrons. The van der Waals surface area contributed by atoms with Crippen molar-refractivity contribution in [2.75, 3.05) is 5.75 Å². The number of aryl methyl sites for hydroxylation is 1. The molecule has 1 amide bonds. The van der Waals surface area contributed by atoms with Crippen LogP contribution in [0.15, 0.2) is 46.2 Å². The maximum atomic E-state index is 12.2. The van der Waals surface area contributed by atoms with E-state index in [0.29, 0.717) is 16.0 Å². The minimum atomic E-state index is -0.120. The second-order valence-corrected chi connectivity index (χ2v) is 7.27. The number of furan rings is 1. The van der Waals surface area contributed by atoms with Crippen LogP contribution in [0.25, 0.3) is 11.4 Å². The van der Waals surface area contributed by atoms with Crippen molar-refractivity contribution in [3.63, 3.8) is 0 Å². The van der Waals surface area contributed by atoms with Crippen LogP contribution in [0.2, 0.25) is 5.02 Å². The van der Waals surface area contributed by atoms with Crippen molar-refractivity contribution in [2.45, 2.75) is 25.0 Å². The minimum Gasteiger partial charge on any atom is -0.469 e. The summed E-state index contributed by atoms with van der Waals surface area (Å²) in [5, 5.41) is 12.7. The van der Waals surface area contributed by atoms with Crippen LogP contribution in [0, 0.1) is 6.92 Å². The molecule has 1 aromatic carbocycles. The molecule has 3 aromatic rings. The van der Waals surface area contributed by atoms with Gasteiger partial charge < -0.3 is 14.3 Å². The zero-order chi connectivity index (χ0) is 18.7. The van der Waals surface area contributed by atoms with Crippen molar-refractivity contribution in [3.05, 3.63) is 52.9 Å². The van der Waals surface area contributed by atoms with Gasteiger partial charge in [-0.1, -0.05) is 35.5 Å². The quantitative estimate of drug-likeness (QED) is 0.644. The van der Waals surface area contributed by atoms with Gasteiger partial charge in [0.25, 0.3) is 0 Å². The molecule has 3 rings (SSSR count). The van der Waals surface area contributed by atoms with E-state index in [1.165, 1.54) is 11.8 Å². The number of aromatic nitrogens is 3. The highest BCUT2D eigenvalue weighted by molar-refractivity contribution is 7.99. The molecule has 1 N–H and O–H groups in total. The van der Waals surface area contributed by atoms with Crippen molar-refractivity contribution in [1.29, 1.82) is 0 Å². The monoisotopic (exact) mass is 390 g/mol. The van der Waals surface area contributed by atoms with Crippen LogP contribution >= 0.6 is 23.4 Å². The molecule has 2 aromatic heterocycles. The molecule has 0 aliphatic rings. The first-order chi connectivity index (χ1) is 12.5. The van der Waals surface area contributed by atoms with Crippen molar-refractivity contribution in [1.82, 2.24) is 20.1 Å². The summed E-state index contributed by atoms with van der Waals surface area (Å²) in [6.07, 6.45) is 1.62. The van der Waals surface area contributed by atoms with E-state index in [4.69, 9.17) is 16.0 Å². The minimum absolute atomic E-state index is 0.0773. The highest BCUT2D eigenvalue weighted by Gasteiger charge is 2.16. The highest BCUT2D eigenvalue weighted by Crippen LogP contribution is 2.26. The molecule has 1 atom stereocenters. The predicted octanol–water partition coefficient (Wildman–Crippen LogP) is 4.01. The second-order valence-electron chi connectivity index (χ2n) is 5.89. The Hall–Kier alpha value is -2.25. The van der Waals surface area contributed by atoms with Gasteiger partial charge in [0.05, 0.1) is 23.6 Å². The van der Waals surface area contributed by atoms with Crippen LogP contribution in [-0.2, 0) is 11.8 Å². The lowest BCUT2D eigenvalue weighted by atomic mass is 10.1. The van der Waals surface area contributed by atoms with Crippen LogP contribution in [0.1, 0.15) is 24.3 Å². The molecule has 0 saturated heterocycles. The lowest BCUT2D eigenvalue weighted by Crippen LogP contribution is -2.28. The van der Waals surface area contributed by atoms with Crippen LogP contribution in [0.5, 0.6) is 0 Å². The van der Waals surface area contributed by atoms with E-state index in [-0.39, 0.29) is 17.7 Å². The summed E-state index contributed by atoms with van der Waals surface area (Å²) in [7, 11) is 1.87. The smallest absolute Gasteiger partial charge is 0.230 e. The predicted molar refractivity (Wildman–Crippen MR) is 102 cm³/mol. The van der Waals surface area contributed by atoms with E-state index in [2.05, 4.69) is 15.5 Å². The first kappa shape index (κ1) is 18.5. The van der Waals surface area contributed by atoms with Crippen LogP contribution < -0.4 is 5.32 Å². The van der Waals surface area contributed by atoms with Crippen molar-refractivity contribution in [3.8, 4) is 11.4 Å². The number of thioether (sulfide) groups is 1. The fourth-order valence-corrected chi connectivity index (χ4v) is 3.49. The number of halogens is 1. The standard InChI is InChI=1S/C18H19ClN4O2S/c1-11(13-5-4-6-14(19)9-13)20-16(24)10-26-18-22-21-17(23(18)3)15-7-8-25-12(15)2/h4-9,11H,10H2,1-3H3,(H,20,24)/t11-/m1/s1. The number of carbonyl (C=O) groups excluding carboxylic acids is 1. The largest absolute Gasteiger partial charge is 0.469 e. The fraction of sp³-hybridized carbons (Fsp3) is 0.278. The van der Waals surface area contributed by atoms with Gasteiger partial charge in [-0.15, -0.1) is 10.2 Å². The van der Waals surface area contributed by atoms with Gasteiger partial charge in [-0.05, 0) is 37.6 Å². The Balaban J connectivity index is 1.60. The van der Waals surface area contributed by atoms with E-state index in [9.17, 15) is 4.79 Å². The van der Waals surface area contributed by atoms with Gasteiger partial charge in [0, 0.05) is 12.1 Å². The molecule has 0 aliphatic carbocycles. The number of rotatable bonds is 6. The van der Waals surface area contributed by atoms with Gasteiger partial charge in [0.2, 0.25) is 5.91 Å². The van der Waals surface area contributed by atoms with Crippen LogP contribution in [-0.4, -0.2) is 26.4 Å². The van der Waals surface area contributed by atoms with Gasteiger partial charge >= 0.3 is 0 Å². The Labute approximate surface area is 160 Å². The molecule has 0 aliphatic heterocycles. The van der Waals surface area contributed by atoms with Gasteiger partial charge in [-0.3, -0.25) is 4.79 Å². The average Bonchev–Trinajstić information content (AvgIpc) is 3.18. The number of hydrogen-bond donors (Lipinski definition) is 1. The molecule has 6 nitrogen and oxygen atoms in total. The van der Waals surface area contributed by atoms with E-state index >= 15 is 0 Å². The van der Waals surface area contributed by atoms with E-state index in [1.807, 2.05) is 55.8 Å². The number of nitrogens with zero attached hydrogens (tertiary/aromatic N) is 3. The summed E-state index contributed by atoms with van der Waals surface area (Å²) < 4.78 is 7.17. The summed E-state index contributed by atoms with van der Waals surface area (Å²) in [4.78, 5) is 12.2. The van der Waals surface area contributed by atoms with E-state index < -0.39 is 0 Å². The normalized spacial score (nSPS) is 12.2. The summed E-state index contributed by atoms with van der Waals surface area (Å²) >= 11 is 7.34. The molecular formula is C18H19ClN4O2S. The third-order valence-corrected chi connectivity index (χ3v) is 5.25. The third-order valence-electron chi connectivity index (χ3n) is 3.99.